The van der Waals surface area contributed by atoms with E-state index in [4.69, 9.17) is 5.73 Å². The van der Waals surface area contributed by atoms with E-state index in [-0.39, 0.29) is 13.1 Å². The number of rotatable bonds is 3. The van der Waals surface area contributed by atoms with Crippen LogP contribution < -0.4 is 5.73 Å². The maximum absolute atomic E-state index is 12.7. The first-order chi connectivity index (χ1) is 7.71. The van der Waals surface area contributed by atoms with Crippen LogP contribution in [0, 0.1) is 11.8 Å². The predicted octanol–water partition coefficient (Wildman–Crippen LogP) is 1.55. The molecule has 98 valence electrons. The molecule has 2 N–H and O–H groups in total. The van der Waals surface area contributed by atoms with Gasteiger partial charge in [-0.2, -0.15) is 13.2 Å². The molecule has 0 unspecified atom stereocenters. The summed E-state index contributed by atoms with van der Waals surface area (Å²) in [5.41, 5.74) is 6.06. The molecule has 0 aliphatic carbocycles. The largest absolute Gasteiger partial charge is 0.393 e. The number of likely N-dealkylation sites (tertiary alicyclic amines) is 1. The Hall–Kier alpha value is -1.04. The number of halogens is 3. The van der Waals surface area contributed by atoms with Gasteiger partial charge in [0.2, 0.25) is 5.91 Å². The molecule has 1 amide bonds. The average molecular weight is 250 g/mol. The average Bonchev–Trinajstić information content (AvgIpc) is 2.57. The van der Waals surface area contributed by atoms with E-state index >= 15 is 0 Å². The van der Waals surface area contributed by atoms with Gasteiger partial charge in [0.15, 0.2) is 0 Å². The number of nitrogens with zero attached hydrogens (tertiary/aromatic N) is 1. The highest BCUT2D eigenvalue weighted by molar-refractivity contribution is 5.77. The van der Waals surface area contributed by atoms with Crippen LogP contribution in [-0.2, 0) is 4.79 Å². The van der Waals surface area contributed by atoms with Crippen LogP contribution in [0.1, 0.15) is 13.8 Å². The summed E-state index contributed by atoms with van der Waals surface area (Å²) in [6, 6.07) is 0. The lowest BCUT2D eigenvalue weighted by molar-refractivity contribution is -0.182. The fraction of sp³-hybridized carbons (Fsp3) is 0.727. The van der Waals surface area contributed by atoms with Crippen LogP contribution in [0.2, 0.25) is 0 Å². The fourth-order valence-electron chi connectivity index (χ4n) is 1.97. The van der Waals surface area contributed by atoms with E-state index in [1.165, 1.54) is 0 Å². The molecular formula is C11H17F3N2O. The van der Waals surface area contributed by atoms with Gasteiger partial charge in [0.25, 0.3) is 0 Å². The van der Waals surface area contributed by atoms with Gasteiger partial charge in [0, 0.05) is 19.6 Å². The quantitative estimate of drug-likeness (QED) is 0.772. The number of nitrogens with two attached hydrogens (primary N) is 1. The number of alkyl halides is 3. The topological polar surface area (TPSA) is 46.3 Å². The van der Waals surface area contributed by atoms with E-state index in [0.717, 1.165) is 5.57 Å². The number of hydrogen-bond donors (Lipinski definition) is 1. The lowest BCUT2D eigenvalue weighted by atomic mass is 9.95. The van der Waals surface area contributed by atoms with Gasteiger partial charge in [-0.25, -0.2) is 0 Å². The molecule has 1 saturated heterocycles. The standard InChI is InChI=1S/C11H17F3N2O/c1-7(2)3-4-16-5-8(10(15)17)9(6-16)11(12,13)14/h3,8-9H,4-6H2,1-2H3,(H2,15,17)/t8-,9-/m1/s1. The third-order valence-corrected chi connectivity index (χ3v) is 2.94. The second-order valence-corrected chi connectivity index (χ2v) is 4.66. The number of amides is 1. The Morgan fingerprint density at radius 3 is 2.35 bits per heavy atom. The van der Waals surface area contributed by atoms with Gasteiger partial charge < -0.3 is 5.73 Å². The first kappa shape index (κ1) is 14.0. The maximum Gasteiger partial charge on any atom is 0.393 e. The summed E-state index contributed by atoms with van der Waals surface area (Å²) in [7, 11) is 0. The summed E-state index contributed by atoms with van der Waals surface area (Å²) in [4.78, 5) is 12.6. The summed E-state index contributed by atoms with van der Waals surface area (Å²) < 4.78 is 38.1. The minimum Gasteiger partial charge on any atom is -0.369 e. The van der Waals surface area contributed by atoms with E-state index in [0.29, 0.717) is 6.54 Å². The molecule has 6 heteroatoms. The normalized spacial score (nSPS) is 25.9. The summed E-state index contributed by atoms with van der Waals surface area (Å²) in [6.07, 6.45) is -2.52. The second kappa shape index (κ2) is 5.08. The van der Waals surface area contributed by atoms with Crippen LogP contribution in [-0.4, -0.2) is 36.6 Å². The lowest BCUT2D eigenvalue weighted by Gasteiger charge is -2.18. The summed E-state index contributed by atoms with van der Waals surface area (Å²) >= 11 is 0. The molecule has 0 bridgehead atoms. The molecule has 1 aliphatic rings. The van der Waals surface area contributed by atoms with Gasteiger partial charge in [0.1, 0.15) is 0 Å². The molecule has 1 rings (SSSR count). The maximum atomic E-state index is 12.7. The monoisotopic (exact) mass is 250 g/mol. The van der Waals surface area contributed by atoms with Crippen molar-refractivity contribution < 1.29 is 18.0 Å². The predicted molar refractivity (Wildman–Crippen MR) is 58.1 cm³/mol. The SMILES string of the molecule is CC(C)=CCN1C[C@@H](C(F)(F)F)[C@H](C(N)=O)C1. The van der Waals surface area contributed by atoms with Gasteiger partial charge in [-0.3, -0.25) is 9.69 Å². The number of carbonyl (C=O) groups is 1. The van der Waals surface area contributed by atoms with Crippen LogP contribution in [0.3, 0.4) is 0 Å². The molecule has 0 aromatic heterocycles. The lowest BCUT2D eigenvalue weighted by Crippen LogP contribution is -2.37. The van der Waals surface area contributed by atoms with Crippen LogP contribution >= 0.6 is 0 Å². The highest BCUT2D eigenvalue weighted by atomic mass is 19.4. The number of primary amides is 1. The van der Waals surface area contributed by atoms with Gasteiger partial charge in [-0.05, 0) is 13.8 Å². The summed E-state index contributed by atoms with van der Waals surface area (Å²) in [6.45, 7) is 4.12. The summed E-state index contributed by atoms with van der Waals surface area (Å²) in [5.74, 6) is -3.63. The highest BCUT2D eigenvalue weighted by Gasteiger charge is 2.51. The minimum absolute atomic E-state index is 0.0866. The Bertz CT molecular complexity index is 321. The Balaban J connectivity index is 2.73. The molecule has 0 saturated carbocycles. The molecule has 0 aromatic rings. The van der Waals surface area contributed by atoms with Crippen LogP contribution in [0.25, 0.3) is 0 Å². The van der Waals surface area contributed by atoms with Crippen molar-refractivity contribution in [3.05, 3.63) is 11.6 Å². The Morgan fingerprint density at radius 2 is 2.00 bits per heavy atom. The van der Waals surface area contributed by atoms with Crippen molar-refractivity contribution in [1.82, 2.24) is 4.90 Å². The van der Waals surface area contributed by atoms with Crippen molar-refractivity contribution in [3.8, 4) is 0 Å². The first-order valence-corrected chi connectivity index (χ1v) is 5.43. The Morgan fingerprint density at radius 1 is 1.41 bits per heavy atom. The van der Waals surface area contributed by atoms with E-state index < -0.39 is 23.9 Å². The van der Waals surface area contributed by atoms with E-state index in [1.54, 1.807) is 4.90 Å². The third kappa shape index (κ3) is 3.73. The minimum atomic E-state index is -4.36. The number of allylic oxidation sites excluding steroid dienone is 1. The molecule has 0 aromatic carbocycles. The van der Waals surface area contributed by atoms with Crippen molar-refractivity contribution in [2.24, 2.45) is 17.6 Å². The molecule has 1 heterocycles. The van der Waals surface area contributed by atoms with Crippen LogP contribution in [0.4, 0.5) is 13.2 Å². The molecular weight excluding hydrogens is 233 g/mol. The van der Waals surface area contributed by atoms with Crippen molar-refractivity contribution in [3.63, 3.8) is 0 Å². The molecule has 17 heavy (non-hydrogen) atoms. The van der Waals surface area contributed by atoms with Crippen molar-refractivity contribution in [1.29, 1.82) is 0 Å². The molecule has 1 aliphatic heterocycles. The van der Waals surface area contributed by atoms with Crippen LogP contribution in [0.5, 0.6) is 0 Å². The molecule has 0 radical (unpaired) electrons. The van der Waals surface area contributed by atoms with E-state index in [9.17, 15) is 18.0 Å². The number of carbonyl (C=O) groups excluding carboxylic acids is 1. The van der Waals surface area contributed by atoms with Crippen molar-refractivity contribution >= 4 is 5.91 Å². The molecule has 2 atom stereocenters. The smallest absolute Gasteiger partial charge is 0.369 e. The zero-order valence-electron chi connectivity index (χ0n) is 9.92. The first-order valence-electron chi connectivity index (χ1n) is 5.43. The van der Waals surface area contributed by atoms with E-state index in [1.807, 2.05) is 19.9 Å². The molecule has 0 spiro atoms. The van der Waals surface area contributed by atoms with E-state index in [2.05, 4.69) is 0 Å². The van der Waals surface area contributed by atoms with Crippen molar-refractivity contribution in [2.45, 2.75) is 20.0 Å². The zero-order chi connectivity index (χ0) is 13.2. The van der Waals surface area contributed by atoms with Gasteiger partial charge in [0.05, 0.1) is 11.8 Å². The Kier molecular flexibility index (Phi) is 4.19. The van der Waals surface area contributed by atoms with Gasteiger partial charge in [-0.1, -0.05) is 11.6 Å². The third-order valence-electron chi connectivity index (χ3n) is 2.94. The second-order valence-electron chi connectivity index (χ2n) is 4.66. The van der Waals surface area contributed by atoms with Gasteiger partial charge in [-0.15, -0.1) is 0 Å². The molecule has 1 fully saturated rings. The van der Waals surface area contributed by atoms with Gasteiger partial charge >= 0.3 is 6.18 Å². The summed E-state index contributed by atoms with van der Waals surface area (Å²) in [5, 5.41) is 0. The number of hydrogen-bond acceptors (Lipinski definition) is 2. The fourth-order valence-corrected chi connectivity index (χ4v) is 1.97. The van der Waals surface area contributed by atoms with Crippen molar-refractivity contribution in [2.75, 3.05) is 19.6 Å². The molecule has 3 nitrogen and oxygen atoms in total. The van der Waals surface area contributed by atoms with Crippen LogP contribution in [0.15, 0.2) is 11.6 Å². The Labute approximate surface area is 98.5 Å². The highest BCUT2D eigenvalue weighted by Crippen LogP contribution is 2.37. The zero-order valence-corrected chi connectivity index (χ0v) is 9.92.